The summed E-state index contributed by atoms with van der Waals surface area (Å²) in [6, 6.07) is 9.06. The lowest BCUT2D eigenvalue weighted by molar-refractivity contribution is -0.120. The smallest absolute Gasteiger partial charge is 0.238 e. The van der Waals surface area contributed by atoms with Gasteiger partial charge in [0.25, 0.3) is 0 Å². The molecule has 1 unspecified atom stereocenters. The Kier molecular flexibility index (Phi) is 4.14. The molecule has 1 aromatic carbocycles. The first-order valence-electron chi connectivity index (χ1n) is 4.54. The van der Waals surface area contributed by atoms with Gasteiger partial charge < -0.3 is 5.32 Å². The first kappa shape index (κ1) is 11.5. The molecule has 0 fully saturated rings. The van der Waals surface area contributed by atoms with Crippen LogP contribution in [0.25, 0.3) is 0 Å². The fourth-order valence-electron chi connectivity index (χ4n) is 1.03. The maximum absolute atomic E-state index is 11.1. The number of alkyl halides is 1. The quantitative estimate of drug-likeness (QED) is 0.793. The molecule has 0 spiro atoms. The molecule has 0 radical (unpaired) electrons. The van der Waals surface area contributed by atoms with Crippen LogP contribution in [-0.2, 0) is 11.3 Å². The Hall–Kier alpha value is -1.53. The highest BCUT2D eigenvalue weighted by Gasteiger charge is 2.07. The average molecular weight is 223 g/mol. The molecule has 0 saturated heterocycles. The Labute approximate surface area is 93.7 Å². The first-order valence-corrected chi connectivity index (χ1v) is 4.98. The second-order valence-electron chi connectivity index (χ2n) is 3.14. The standard InChI is InChI=1S/C11H11ClN2O/c1-8(12)11(15)14-7-10-4-2-9(6-13)3-5-10/h2-5,8H,7H2,1H3,(H,14,15). The number of benzene rings is 1. The number of hydrogen-bond donors (Lipinski definition) is 1. The van der Waals surface area contributed by atoms with Crippen LogP contribution in [0, 0.1) is 11.3 Å². The normalized spacial score (nSPS) is 11.5. The van der Waals surface area contributed by atoms with E-state index in [9.17, 15) is 4.79 Å². The van der Waals surface area contributed by atoms with Crippen molar-refractivity contribution in [3.63, 3.8) is 0 Å². The first-order chi connectivity index (χ1) is 7.13. The SMILES string of the molecule is CC(Cl)C(=O)NCc1ccc(C#N)cc1. The Morgan fingerprint density at radius 2 is 2.13 bits per heavy atom. The zero-order chi connectivity index (χ0) is 11.3. The molecule has 3 nitrogen and oxygen atoms in total. The van der Waals surface area contributed by atoms with Crippen LogP contribution < -0.4 is 5.32 Å². The molecule has 1 amide bonds. The van der Waals surface area contributed by atoms with Gasteiger partial charge >= 0.3 is 0 Å². The van der Waals surface area contributed by atoms with Gasteiger partial charge in [0.2, 0.25) is 5.91 Å². The lowest BCUT2D eigenvalue weighted by Crippen LogP contribution is -2.28. The molecule has 0 heterocycles. The highest BCUT2D eigenvalue weighted by molar-refractivity contribution is 6.30. The van der Waals surface area contributed by atoms with E-state index in [0.717, 1.165) is 5.56 Å². The summed E-state index contributed by atoms with van der Waals surface area (Å²) in [5, 5.41) is 10.7. The Morgan fingerprint density at radius 3 is 2.60 bits per heavy atom. The summed E-state index contributed by atoms with van der Waals surface area (Å²) in [6.45, 7) is 2.05. The molecular weight excluding hydrogens is 212 g/mol. The maximum atomic E-state index is 11.1. The monoisotopic (exact) mass is 222 g/mol. The molecule has 1 N–H and O–H groups in total. The second kappa shape index (κ2) is 5.38. The van der Waals surface area contributed by atoms with Crippen LogP contribution in [0.4, 0.5) is 0 Å². The Morgan fingerprint density at radius 1 is 1.53 bits per heavy atom. The molecule has 1 atom stereocenters. The summed E-state index contributed by atoms with van der Waals surface area (Å²) in [6.07, 6.45) is 0. The minimum Gasteiger partial charge on any atom is -0.351 e. The molecule has 1 rings (SSSR count). The Balaban J connectivity index is 2.52. The van der Waals surface area contributed by atoms with Crippen molar-refractivity contribution in [1.82, 2.24) is 5.32 Å². The summed E-state index contributed by atoms with van der Waals surface area (Å²) in [5.74, 6) is -0.193. The molecule has 1 aromatic rings. The number of carbonyl (C=O) groups is 1. The zero-order valence-electron chi connectivity index (χ0n) is 8.33. The van der Waals surface area contributed by atoms with E-state index in [0.29, 0.717) is 12.1 Å². The molecule has 0 bridgehead atoms. The van der Waals surface area contributed by atoms with Crippen molar-refractivity contribution in [2.45, 2.75) is 18.8 Å². The van der Waals surface area contributed by atoms with E-state index in [1.807, 2.05) is 6.07 Å². The van der Waals surface area contributed by atoms with Crippen LogP contribution in [0.2, 0.25) is 0 Å². The lowest BCUT2D eigenvalue weighted by Gasteiger charge is -2.06. The van der Waals surface area contributed by atoms with E-state index in [4.69, 9.17) is 16.9 Å². The van der Waals surface area contributed by atoms with Crippen LogP contribution in [0.5, 0.6) is 0 Å². The molecule has 0 aromatic heterocycles. The molecule has 0 aliphatic heterocycles. The van der Waals surface area contributed by atoms with Crippen molar-refractivity contribution in [2.24, 2.45) is 0 Å². The van der Waals surface area contributed by atoms with Crippen LogP contribution >= 0.6 is 11.6 Å². The van der Waals surface area contributed by atoms with Crippen molar-refractivity contribution < 1.29 is 4.79 Å². The summed E-state index contributed by atoms with van der Waals surface area (Å²) >= 11 is 5.59. The van der Waals surface area contributed by atoms with Crippen molar-refractivity contribution >= 4 is 17.5 Å². The predicted octanol–water partition coefficient (Wildman–Crippen LogP) is 1.80. The lowest BCUT2D eigenvalue weighted by atomic mass is 10.1. The highest BCUT2D eigenvalue weighted by Crippen LogP contribution is 2.03. The van der Waals surface area contributed by atoms with E-state index in [1.54, 1.807) is 31.2 Å². The minimum atomic E-state index is -0.525. The number of nitriles is 1. The van der Waals surface area contributed by atoms with Gasteiger partial charge in [-0.1, -0.05) is 12.1 Å². The second-order valence-corrected chi connectivity index (χ2v) is 3.80. The topological polar surface area (TPSA) is 52.9 Å². The fraction of sp³-hybridized carbons (Fsp3) is 0.273. The van der Waals surface area contributed by atoms with Gasteiger partial charge in [0.05, 0.1) is 11.6 Å². The van der Waals surface area contributed by atoms with Crippen LogP contribution in [0.1, 0.15) is 18.1 Å². The summed E-state index contributed by atoms with van der Waals surface area (Å²) < 4.78 is 0. The fourth-order valence-corrected chi connectivity index (χ4v) is 1.10. The zero-order valence-corrected chi connectivity index (χ0v) is 9.08. The van der Waals surface area contributed by atoms with Crippen molar-refractivity contribution in [1.29, 1.82) is 5.26 Å². The molecule has 78 valence electrons. The van der Waals surface area contributed by atoms with Crippen molar-refractivity contribution in [3.05, 3.63) is 35.4 Å². The molecule has 4 heteroatoms. The number of amides is 1. The number of nitrogens with one attached hydrogen (secondary N) is 1. The van der Waals surface area contributed by atoms with Gasteiger partial charge in [-0.15, -0.1) is 11.6 Å². The third-order valence-corrected chi connectivity index (χ3v) is 2.11. The molecule has 15 heavy (non-hydrogen) atoms. The van der Waals surface area contributed by atoms with E-state index < -0.39 is 5.38 Å². The van der Waals surface area contributed by atoms with Gasteiger partial charge in [-0.05, 0) is 24.6 Å². The van der Waals surface area contributed by atoms with E-state index >= 15 is 0 Å². The third-order valence-electron chi connectivity index (χ3n) is 1.91. The Bertz CT molecular complexity index is 379. The summed E-state index contributed by atoms with van der Waals surface area (Å²) in [4.78, 5) is 11.1. The van der Waals surface area contributed by atoms with Crippen LogP contribution in [0.15, 0.2) is 24.3 Å². The van der Waals surface area contributed by atoms with Crippen molar-refractivity contribution in [2.75, 3.05) is 0 Å². The van der Waals surface area contributed by atoms with Gasteiger partial charge in [0.15, 0.2) is 0 Å². The summed E-state index contributed by atoms with van der Waals surface area (Å²) in [5.41, 5.74) is 1.55. The van der Waals surface area contributed by atoms with Gasteiger partial charge in [0.1, 0.15) is 5.38 Å². The molecule has 0 saturated carbocycles. The maximum Gasteiger partial charge on any atom is 0.238 e. The van der Waals surface area contributed by atoms with E-state index in [-0.39, 0.29) is 5.91 Å². The van der Waals surface area contributed by atoms with Gasteiger partial charge in [-0.2, -0.15) is 5.26 Å². The third kappa shape index (κ3) is 3.61. The molecule has 0 aliphatic rings. The number of rotatable bonds is 3. The predicted molar refractivity (Wildman–Crippen MR) is 58.3 cm³/mol. The molecular formula is C11H11ClN2O. The van der Waals surface area contributed by atoms with Crippen molar-refractivity contribution in [3.8, 4) is 6.07 Å². The van der Waals surface area contributed by atoms with E-state index in [2.05, 4.69) is 5.32 Å². The average Bonchev–Trinajstić information content (AvgIpc) is 2.26. The number of halogens is 1. The number of carbonyl (C=O) groups excluding carboxylic acids is 1. The highest BCUT2D eigenvalue weighted by atomic mass is 35.5. The van der Waals surface area contributed by atoms with Crippen LogP contribution in [-0.4, -0.2) is 11.3 Å². The van der Waals surface area contributed by atoms with Crippen LogP contribution in [0.3, 0.4) is 0 Å². The van der Waals surface area contributed by atoms with Gasteiger partial charge in [-0.25, -0.2) is 0 Å². The number of hydrogen-bond acceptors (Lipinski definition) is 2. The van der Waals surface area contributed by atoms with Gasteiger partial charge in [-0.3, -0.25) is 4.79 Å². The largest absolute Gasteiger partial charge is 0.351 e. The molecule has 0 aliphatic carbocycles. The van der Waals surface area contributed by atoms with E-state index in [1.165, 1.54) is 0 Å². The minimum absolute atomic E-state index is 0.193. The number of nitrogens with zero attached hydrogens (tertiary/aromatic N) is 1. The van der Waals surface area contributed by atoms with Gasteiger partial charge in [0, 0.05) is 6.54 Å². The summed E-state index contributed by atoms with van der Waals surface area (Å²) in [7, 11) is 0.